The Hall–Kier alpha value is -1.40. The zero-order valence-corrected chi connectivity index (χ0v) is 14.7. The summed E-state index contributed by atoms with van der Waals surface area (Å²) >= 11 is 0. The highest BCUT2D eigenvalue weighted by Crippen LogP contribution is 2.30. The predicted octanol–water partition coefficient (Wildman–Crippen LogP) is 2.95. The lowest BCUT2D eigenvalue weighted by Gasteiger charge is -2.35. The van der Waals surface area contributed by atoms with Gasteiger partial charge in [-0.1, -0.05) is 31.4 Å². The number of fused-ring (bicyclic) bond motifs is 1. The van der Waals surface area contributed by atoms with Crippen molar-refractivity contribution in [3.8, 4) is 0 Å². The fourth-order valence-electron chi connectivity index (χ4n) is 3.99. The van der Waals surface area contributed by atoms with Crippen LogP contribution < -0.4 is 0 Å². The fourth-order valence-corrected chi connectivity index (χ4v) is 5.22. The van der Waals surface area contributed by atoms with E-state index in [2.05, 4.69) is 9.30 Å². The van der Waals surface area contributed by atoms with Crippen molar-refractivity contribution in [2.75, 3.05) is 13.1 Å². The first-order valence-electron chi connectivity index (χ1n) is 8.98. The van der Waals surface area contributed by atoms with Crippen LogP contribution in [0.5, 0.6) is 0 Å². The largest absolute Gasteiger partial charge is 0.375 e. The summed E-state index contributed by atoms with van der Waals surface area (Å²) in [5, 5.41) is 0. The van der Waals surface area contributed by atoms with E-state index in [0.29, 0.717) is 22.9 Å². The van der Waals surface area contributed by atoms with Crippen LogP contribution >= 0.6 is 0 Å². The van der Waals surface area contributed by atoms with Crippen LogP contribution in [-0.2, 0) is 14.8 Å². The third kappa shape index (κ3) is 3.09. The SMILES string of the molecule is O=S1(=O)N=C(N2CCC(OC3CCCCC3)CC2)c2ccccc21. The molecule has 0 N–H and O–H groups in total. The first kappa shape index (κ1) is 16.1. The number of hydrogen-bond donors (Lipinski definition) is 0. The number of piperidine rings is 1. The Labute approximate surface area is 143 Å². The molecule has 3 aliphatic rings. The quantitative estimate of drug-likeness (QED) is 0.824. The van der Waals surface area contributed by atoms with Crippen LogP contribution in [0.25, 0.3) is 0 Å². The van der Waals surface area contributed by atoms with Crippen molar-refractivity contribution in [1.82, 2.24) is 4.90 Å². The molecule has 2 aliphatic heterocycles. The van der Waals surface area contributed by atoms with Gasteiger partial charge in [-0.25, -0.2) is 0 Å². The summed E-state index contributed by atoms with van der Waals surface area (Å²) in [6.07, 6.45) is 8.92. The summed E-state index contributed by atoms with van der Waals surface area (Å²) < 4.78 is 34.7. The molecule has 0 radical (unpaired) electrons. The van der Waals surface area contributed by atoms with Crippen LogP contribution in [0.3, 0.4) is 0 Å². The molecule has 130 valence electrons. The molecule has 0 spiro atoms. The first-order valence-corrected chi connectivity index (χ1v) is 10.4. The lowest BCUT2D eigenvalue weighted by Crippen LogP contribution is -2.42. The van der Waals surface area contributed by atoms with E-state index in [9.17, 15) is 8.42 Å². The molecule has 24 heavy (non-hydrogen) atoms. The summed E-state index contributed by atoms with van der Waals surface area (Å²) in [5.41, 5.74) is 0.740. The van der Waals surface area contributed by atoms with Gasteiger partial charge in [0.15, 0.2) is 5.84 Å². The number of hydrogen-bond acceptors (Lipinski definition) is 4. The maximum atomic E-state index is 12.2. The lowest BCUT2D eigenvalue weighted by molar-refractivity contribution is -0.0496. The minimum Gasteiger partial charge on any atom is -0.375 e. The molecule has 2 heterocycles. The van der Waals surface area contributed by atoms with E-state index in [0.717, 1.165) is 31.5 Å². The molecule has 0 atom stereocenters. The second-order valence-corrected chi connectivity index (χ2v) is 8.54. The third-order valence-corrected chi connectivity index (χ3v) is 6.62. The Morgan fingerprint density at radius 1 is 0.958 bits per heavy atom. The molecule has 0 aromatic heterocycles. The zero-order valence-electron chi connectivity index (χ0n) is 13.9. The molecule has 1 aromatic rings. The molecule has 0 amide bonds. The van der Waals surface area contributed by atoms with Crippen molar-refractivity contribution in [3.05, 3.63) is 29.8 Å². The van der Waals surface area contributed by atoms with Crippen LogP contribution in [0.1, 0.15) is 50.5 Å². The number of sulfonamides is 1. The van der Waals surface area contributed by atoms with Gasteiger partial charge in [-0.15, -0.1) is 4.40 Å². The maximum Gasteiger partial charge on any atom is 0.285 e. The highest BCUT2D eigenvalue weighted by molar-refractivity contribution is 7.90. The van der Waals surface area contributed by atoms with Crippen molar-refractivity contribution in [3.63, 3.8) is 0 Å². The number of rotatable bonds is 2. The Bertz CT molecular complexity index is 730. The minimum atomic E-state index is -3.53. The molecule has 1 aliphatic carbocycles. The second-order valence-electron chi connectivity index (χ2n) is 6.97. The van der Waals surface area contributed by atoms with E-state index >= 15 is 0 Å². The van der Waals surface area contributed by atoms with E-state index in [4.69, 9.17) is 4.74 Å². The smallest absolute Gasteiger partial charge is 0.285 e. The van der Waals surface area contributed by atoms with Gasteiger partial charge in [0.2, 0.25) is 0 Å². The van der Waals surface area contributed by atoms with E-state index in [1.54, 1.807) is 12.1 Å². The average Bonchev–Trinajstić information content (AvgIpc) is 2.88. The van der Waals surface area contributed by atoms with E-state index in [1.165, 1.54) is 32.1 Å². The molecule has 4 rings (SSSR count). The van der Waals surface area contributed by atoms with E-state index in [1.807, 2.05) is 12.1 Å². The first-order chi connectivity index (χ1) is 11.6. The number of likely N-dealkylation sites (tertiary alicyclic amines) is 1. The van der Waals surface area contributed by atoms with Crippen LogP contribution in [0.4, 0.5) is 0 Å². The molecule has 6 heteroatoms. The number of ether oxygens (including phenoxy) is 1. The topological polar surface area (TPSA) is 59.0 Å². The van der Waals surface area contributed by atoms with Crippen LogP contribution in [-0.4, -0.2) is 44.5 Å². The zero-order chi connectivity index (χ0) is 16.6. The normalized spacial score (nSPS) is 24.7. The van der Waals surface area contributed by atoms with Crippen LogP contribution in [0.2, 0.25) is 0 Å². The fraction of sp³-hybridized carbons (Fsp3) is 0.611. The second kappa shape index (κ2) is 6.48. The predicted molar refractivity (Wildman–Crippen MR) is 92.7 cm³/mol. The molecule has 0 bridgehead atoms. The van der Waals surface area contributed by atoms with Gasteiger partial charge in [-0.05, 0) is 37.8 Å². The maximum absolute atomic E-state index is 12.2. The minimum absolute atomic E-state index is 0.304. The van der Waals surface area contributed by atoms with Gasteiger partial charge in [0, 0.05) is 18.7 Å². The standard InChI is InChI=1S/C18H24N2O3S/c21-24(22)17-9-5-4-8-16(17)18(19-24)20-12-10-15(11-13-20)23-14-6-2-1-3-7-14/h4-5,8-9,14-15H,1-3,6-7,10-13H2. The molecule has 5 nitrogen and oxygen atoms in total. The molecule has 1 saturated carbocycles. The molecule has 1 aromatic carbocycles. The lowest BCUT2D eigenvalue weighted by atomic mass is 9.97. The Morgan fingerprint density at radius 2 is 1.62 bits per heavy atom. The van der Waals surface area contributed by atoms with Crippen molar-refractivity contribution in [1.29, 1.82) is 0 Å². The van der Waals surface area contributed by atoms with Gasteiger partial charge in [0.25, 0.3) is 10.0 Å². The summed E-state index contributed by atoms with van der Waals surface area (Å²) in [4.78, 5) is 2.44. The summed E-state index contributed by atoms with van der Waals surface area (Å²) in [5.74, 6) is 0.613. The number of benzene rings is 1. The van der Waals surface area contributed by atoms with Crippen molar-refractivity contribution in [2.45, 2.75) is 62.0 Å². The Kier molecular flexibility index (Phi) is 4.35. The summed E-state index contributed by atoms with van der Waals surface area (Å²) in [6.45, 7) is 1.61. The van der Waals surface area contributed by atoms with Crippen molar-refractivity contribution >= 4 is 15.9 Å². The van der Waals surface area contributed by atoms with Gasteiger partial charge >= 0.3 is 0 Å². The highest BCUT2D eigenvalue weighted by atomic mass is 32.2. The Balaban J connectivity index is 1.41. The number of nitrogens with zero attached hydrogens (tertiary/aromatic N) is 2. The van der Waals surface area contributed by atoms with Gasteiger partial charge in [-0.2, -0.15) is 8.42 Å². The highest BCUT2D eigenvalue weighted by Gasteiger charge is 2.33. The molecule has 1 saturated heterocycles. The third-order valence-electron chi connectivity index (χ3n) is 5.29. The van der Waals surface area contributed by atoms with Gasteiger partial charge in [0.1, 0.15) is 4.90 Å². The van der Waals surface area contributed by atoms with Crippen molar-refractivity contribution in [2.24, 2.45) is 4.40 Å². The summed E-state index contributed by atoms with van der Waals surface area (Å²) in [7, 11) is -3.53. The van der Waals surface area contributed by atoms with Gasteiger partial charge in [0.05, 0.1) is 12.2 Å². The molecular formula is C18H24N2O3S. The molecular weight excluding hydrogens is 324 g/mol. The molecule has 0 unspecified atom stereocenters. The molecule has 2 fully saturated rings. The van der Waals surface area contributed by atoms with Crippen LogP contribution in [0, 0.1) is 0 Å². The van der Waals surface area contributed by atoms with Gasteiger partial charge < -0.3 is 9.64 Å². The van der Waals surface area contributed by atoms with E-state index in [-0.39, 0.29) is 0 Å². The summed E-state index contributed by atoms with van der Waals surface area (Å²) in [6, 6.07) is 7.11. The van der Waals surface area contributed by atoms with E-state index < -0.39 is 10.0 Å². The monoisotopic (exact) mass is 348 g/mol. The van der Waals surface area contributed by atoms with Crippen LogP contribution in [0.15, 0.2) is 33.6 Å². The Morgan fingerprint density at radius 3 is 2.38 bits per heavy atom. The van der Waals surface area contributed by atoms with Gasteiger partial charge in [-0.3, -0.25) is 0 Å². The number of amidine groups is 1. The van der Waals surface area contributed by atoms with Crippen molar-refractivity contribution < 1.29 is 13.2 Å². The average molecular weight is 348 g/mol.